The van der Waals surface area contributed by atoms with Gasteiger partial charge in [0.25, 0.3) is 0 Å². The van der Waals surface area contributed by atoms with Gasteiger partial charge >= 0.3 is 0 Å². The fourth-order valence-electron chi connectivity index (χ4n) is 1.64. The molecule has 1 aromatic carbocycles. The third-order valence-corrected chi connectivity index (χ3v) is 3.67. The third kappa shape index (κ3) is 3.80. The molecule has 1 atom stereocenters. The first-order valence-electron chi connectivity index (χ1n) is 6.01. The summed E-state index contributed by atoms with van der Waals surface area (Å²) in [6.07, 6.45) is 0.763. The number of ether oxygens (including phenoxy) is 1. The Hall–Kier alpha value is -0.900. The molecule has 0 aliphatic carbocycles. The van der Waals surface area contributed by atoms with Gasteiger partial charge in [0, 0.05) is 24.0 Å². The first-order chi connectivity index (χ1) is 8.79. The summed E-state index contributed by atoms with van der Waals surface area (Å²) in [7, 11) is 0. The number of hydrogen-bond acceptors (Lipinski definition) is 3. The van der Waals surface area contributed by atoms with Crippen LogP contribution in [0.3, 0.4) is 0 Å². The Morgan fingerprint density at radius 3 is 2.83 bits per heavy atom. The average molecular weight is 282 g/mol. The summed E-state index contributed by atoms with van der Waals surface area (Å²) in [5.41, 5.74) is 2.17. The Bertz CT molecular complexity index is 472. The van der Waals surface area contributed by atoms with E-state index in [0.717, 1.165) is 22.7 Å². The molecular formula is C14H16ClNOS. The maximum atomic E-state index is 6.19. The molecule has 18 heavy (non-hydrogen) atoms. The normalized spacial score (nSPS) is 12.6. The van der Waals surface area contributed by atoms with Gasteiger partial charge in [-0.25, -0.2) is 4.98 Å². The Labute approximate surface area is 117 Å². The van der Waals surface area contributed by atoms with Gasteiger partial charge in [-0.3, -0.25) is 0 Å². The van der Waals surface area contributed by atoms with Crippen molar-refractivity contribution in [3.8, 4) is 11.3 Å². The maximum Gasteiger partial charge on any atom is 0.0948 e. The van der Waals surface area contributed by atoms with Crippen molar-refractivity contribution >= 4 is 22.9 Å². The zero-order valence-electron chi connectivity index (χ0n) is 10.3. The van der Waals surface area contributed by atoms with Crippen molar-refractivity contribution in [2.75, 3.05) is 13.2 Å². The lowest BCUT2D eigenvalue weighted by Crippen LogP contribution is -2.11. The van der Waals surface area contributed by atoms with E-state index in [2.05, 4.69) is 22.5 Å². The van der Waals surface area contributed by atoms with Crippen molar-refractivity contribution in [3.05, 3.63) is 40.7 Å². The first kappa shape index (κ1) is 13.5. The van der Waals surface area contributed by atoms with E-state index in [9.17, 15) is 0 Å². The molecule has 0 aliphatic rings. The van der Waals surface area contributed by atoms with Crippen LogP contribution in [0.1, 0.15) is 11.9 Å². The number of benzene rings is 1. The van der Waals surface area contributed by atoms with Gasteiger partial charge in [0.1, 0.15) is 0 Å². The van der Waals surface area contributed by atoms with Crippen LogP contribution < -0.4 is 0 Å². The zero-order chi connectivity index (χ0) is 12.8. The second-order valence-electron chi connectivity index (χ2n) is 3.95. The van der Waals surface area contributed by atoms with E-state index in [1.54, 1.807) is 11.3 Å². The van der Waals surface area contributed by atoms with E-state index in [1.165, 1.54) is 0 Å². The van der Waals surface area contributed by atoms with Crippen molar-refractivity contribution in [2.45, 2.75) is 18.7 Å². The highest BCUT2D eigenvalue weighted by atomic mass is 35.5. The summed E-state index contributed by atoms with van der Waals surface area (Å²) < 4.78 is 5.30. The minimum atomic E-state index is -0.000256. The second-order valence-corrected chi connectivity index (χ2v) is 5.51. The van der Waals surface area contributed by atoms with E-state index in [1.807, 2.05) is 25.1 Å². The average Bonchev–Trinajstić information content (AvgIpc) is 2.86. The molecule has 2 aromatic rings. The Morgan fingerprint density at radius 1 is 1.33 bits per heavy atom. The van der Waals surface area contributed by atoms with Crippen LogP contribution in [-0.4, -0.2) is 23.6 Å². The summed E-state index contributed by atoms with van der Waals surface area (Å²) >= 11 is 7.85. The number of nitrogens with zero attached hydrogens (tertiary/aromatic N) is 1. The Morgan fingerprint density at radius 2 is 2.11 bits per heavy atom. The van der Waals surface area contributed by atoms with Gasteiger partial charge in [-0.15, -0.1) is 22.9 Å². The molecule has 2 nitrogen and oxygen atoms in total. The highest BCUT2D eigenvalue weighted by molar-refractivity contribution is 7.10. The summed E-state index contributed by atoms with van der Waals surface area (Å²) in [6.45, 7) is 3.26. The van der Waals surface area contributed by atoms with Crippen LogP contribution in [-0.2, 0) is 11.2 Å². The molecule has 0 radical (unpaired) electrons. The largest absolute Gasteiger partial charge is 0.380 e. The van der Waals surface area contributed by atoms with Crippen LogP contribution in [0.4, 0.5) is 0 Å². The SMILES string of the molecule is CCOCC(Cl)Cc1nc(-c2ccccc2)cs1. The summed E-state index contributed by atoms with van der Waals surface area (Å²) in [4.78, 5) is 4.61. The lowest BCUT2D eigenvalue weighted by molar-refractivity contribution is 0.147. The molecule has 2 rings (SSSR count). The predicted molar refractivity (Wildman–Crippen MR) is 77.4 cm³/mol. The van der Waals surface area contributed by atoms with Crippen molar-refractivity contribution < 1.29 is 4.74 Å². The van der Waals surface area contributed by atoms with Crippen LogP contribution in [0.25, 0.3) is 11.3 Å². The molecule has 0 bridgehead atoms. The number of thiazole rings is 1. The van der Waals surface area contributed by atoms with Crippen LogP contribution >= 0.6 is 22.9 Å². The molecule has 0 spiro atoms. The second kappa shape index (κ2) is 6.88. The molecule has 1 unspecified atom stereocenters. The molecule has 0 saturated carbocycles. The van der Waals surface area contributed by atoms with Gasteiger partial charge in [0.15, 0.2) is 0 Å². The van der Waals surface area contributed by atoms with Crippen LogP contribution in [0.5, 0.6) is 0 Å². The molecule has 0 aliphatic heterocycles. The van der Waals surface area contributed by atoms with Crippen LogP contribution in [0, 0.1) is 0 Å². The van der Waals surface area contributed by atoms with Gasteiger partial charge in [-0.2, -0.15) is 0 Å². The highest BCUT2D eigenvalue weighted by Crippen LogP contribution is 2.23. The molecular weight excluding hydrogens is 266 g/mol. The number of alkyl halides is 1. The molecule has 96 valence electrons. The van der Waals surface area contributed by atoms with Crippen molar-refractivity contribution in [1.29, 1.82) is 0 Å². The molecule has 1 heterocycles. The topological polar surface area (TPSA) is 22.1 Å². The number of halogens is 1. The first-order valence-corrected chi connectivity index (χ1v) is 7.33. The molecule has 1 aromatic heterocycles. The summed E-state index contributed by atoms with van der Waals surface area (Å²) in [5, 5.41) is 3.14. The van der Waals surface area contributed by atoms with Crippen LogP contribution in [0.15, 0.2) is 35.7 Å². The van der Waals surface area contributed by atoms with Crippen molar-refractivity contribution in [3.63, 3.8) is 0 Å². The van der Waals surface area contributed by atoms with Gasteiger partial charge < -0.3 is 4.74 Å². The maximum absolute atomic E-state index is 6.19. The Balaban J connectivity index is 1.98. The Kier molecular flexibility index (Phi) is 5.17. The minimum absolute atomic E-state index is 0.000256. The smallest absolute Gasteiger partial charge is 0.0948 e. The van der Waals surface area contributed by atoms with Crippen LogP contribution in [0.2, 0.25) is 0 Å². The quantitative estimate of drug-likeness (QED) is 0.747. The summed E-state index contributed by atoms with van der Waals surface area (Å²) in [5.74, 6) is 0. The molecule has 0 fully saturated rings. The van der Waals surface area contributed by atoms with Crippen molar-refractivity contribution in [1.82, 2.24) is 4.98 Å². The van der Waals surface area contributed by atoms with Gasteiger partial charge in [-0.05, 0) is 6.92 Å². The van der Waals surface area contributed by atoms with E-state index in [4.69, 9.17) is 16.3 Å². The number of hydrogen-bond donors (Lipinski definition) is 0. The standard InChI is InChI=1S/C14H16ClNOS/c1-2-17-9-12(15)8-14-16-13(10-18-14)11-6-4-3-5-7-11/h3-7,10,12H,2,8-9H2,1H3. The third-order valence-electron chi connectivity index (χ3n) is 2.52. The fourth-order valence-corrected chi connectivity index (χ4v) is 2.85. The molecule has 0 N–H and O–H groups in total. The lowest BCUT2D eigenvalue weighted by atomic mass is 10.2. The molecule has 0 saturated heterocycles. The van der Waals surface area contributed by atoms with Gasteiger partial charge in [0.05, 0.1) is 22.7 Å². The highest BCUT2D eigenvalue weighted by Gasteiger charge is 2.10. The number of aromatic nitrogens is 1. The minimum Gasteiger partial charge on any atom is -0.380 e. The van der Waals surface area contributed by atoms with Gasteiger partial charge in [-0.1, -0.05) is 30.3 Å². The predicted octanol–water partition coefficient (Wildman–Crippen LogP) is 4.00. The van der Waals surface area contributed by atoms with Crippen molar-refractivity contribution in [2.24, 2.45) is 0 Å². The molecule has 0 amide bonds. The number of rotatable bonds is 6. The van der Waals surface area contributed by atoms with E-state index < -0.39 is 0 Å². The van der Waals surface area contributed by atoms with Gasteiger partial charge in [0.2, 0.25) is 0 Å². The summed E-state index contributed by atoms with van der Waals surface area (Å²) in [6, 6.07) is 10.2. The van der Waals surface area contributed by atoms with E-state index >= 15 is 0 Å². The monoisotopic (exact) mass is 281 g/mol. The molecule has 4 heteroatoms. The lowest BCUT2D eigenvalue weighted by Gasteiger charge is -2.06. The van der Waals surface area contributed by atoms with E-state index in [-0.39, 0.29) is 5.38 Å². The van der Waals surface area contributed by atoms with E-state index in [0.29, 0.717) is 13.2 Å². The fraction of sp³-hybridized carbons (Fsp3) is 0.357. The zero-order valence-corrected chi connectivity index (χ0v) is 11.9.